The number of rotatable bonds is 8. The highest BCUT2D eigenvalue weighted by atomic mass is 16.5. The summed E-state index contributed by atoms with van der Waals surface area (Å²) in [7, 11) is 0. The van der Waals surface area contributed by atoms with Crippen LogP contribution in [-0.4, -0.2) is 36.4 Å². The molecule has 4 rings (SSSR count). The third kappa shape index (κ3) is 4.42. The van der Waals surface area contributed by atoms with E-state index in [2.05, 4.69) is 5.32 Å². The van der Waals surface area contributed by atoms with Gasteiger partial charge < -0.3 is 15.0 Å². The number of fused-ring (bicyclic) bond motifs is 1. The third-order valence-electron chi connectivity index (χ3n) is 5.85. The van der Waals surface area contributed by atoms with Crippen LogP contribution < -0.4 is 15.0 Å². The van der Waals surface area contributed by atoms with E-state index in [1.54, 1.807) is 9.80 Å². The predicted octanol–water partition coefficient (Wildman–Crippen LogP) is 5.34. The smallest absolute Gasteiger partial charge is 0.260 e. The highest BCUT2D eigenvalue weighted by Crippen LogP contribution is 2.38. The highest BCUT2D eigenvalue weighted by molar-refractivity contribution is 6.11. The Hall–Kier alpha value is -3.80. The van der Waals surface area contributed by atoms with Gasteiger partial charge in [-0.1, -0.05) is 24.3 Å². The SMILES string of the molecule is CCOc1ccc(N2C(=O)c3ccccc3C2Nc2cccc(C(=O)N(CC)CC)c2)cc1. The van der Waals surface area contributed by atoms with Crippen LogP contribution in [0.15, 0.2) is 72.8 Å². The number of carbonyl (C=O) groups excluding carboxylic acids is 2. The van der Waals surface area contributed by atoms with Crippen LogP contribution in [-0.2, 0) is 0 Å². The predicted molar refractivity (Wildman–Crippen MR) is 131 cm³/mol. The van der Waals surface area contributed by atoms with Crippen LogP contribution in [0.25, 0.3) is 0 Å². The minimum absolute atomic E-state index is 0.00471. The molecule has 1 aliphatic rings. The molecule has 0 saturated heterocycles. The first-order chi connectivity index (χ1) is 16.1. The molecule has 0 aliphatic carbocycles. The normalized spacial score (nSPS) is 14.7. The number of amides is 2. The maximum Gasteiger partial charge on any atom is 0.260 e. The Morgan fingerprint density at radius 1 is 0.970 bits per heavy atom. The second-order valence-electron chi connectivity index (χ2n) is 7.79. The van der Waals surface area contributed by atoms with Crippen molar-refractivity contribution in [2.45, 2.75) is 26.9 Å². The van der Waals surface area contributed by atoms with Crippen LogP contribution in [0.3, 0.4) is 0 Å². The summed E-state index contributed by atoms with van der Waals surface area (Å²) >= 11 is 0. The van der Waals surface area contributed by atoms with E-state index in [1.165, 1.54) is 0 Å². The number of hydrogen-bond donors (Lipinski definition) is 1. The summed E-state index contributed by atoms with van der Waals surface area (Å²) in [5.41, 5.74) is 3.73. The van der Waals surface area contributed by atoms with E-state index in [4.69, 9.17) is 4.74 Å². The number of anilines is 2. The molecule has 0 aromatic heterocycles. The van der Waals surface area contributed by atoms with Gasteiger partial charge in [-0.05, 0) is 69.3 Å². The Bertz CT molecular complexity index is 1140. The van der Waals surface area contributed by atoms with Gasteiger partial charge in [0.25, 0.3) is 11.8 Å². The molecule has 1 aliphatic heterocycles. The van der Waals surface area contributed by atoms with Crippen molar-refractivity contribution in [3.8, 4) is 5.75 Å². The maximum atomic E-state index is 13.3. The summed E-state index contributed by atoms with van der Waals surface area (Å²) < 4.78 is 5.55. The van der Waals surface area contributed by atoms with Gasteiger partial charge in [-0.15, -0.1) is 0 Å². The van der Waals surface area contributed by atoms with E-state index in [1.807, 2.05) is 93.6 Å². The molecule has 0 spiro atoms. The van der Waals surface area contributed by atoms with Crippen molar-refractivity contribution in [1.29, 1.82) is 0 Å². The average molecular weight is 444 g/mol. The van der Waals surface area contributed by atoms with Gasteiger partial charge in [0.1, 0.15) is 11.9 Å². The van der Waals surface area contributed by atoms with Gasteiger partial charge in [-0.3, -0.25) is 14.5 Å². The molecule has 0 radical (unpaired) electrons. The van der Waals surface area contributed by atoms with Gasteiger partial charge in [-0.2, -0.15) is 0 Å². The Kier molecular flexibility index (Phi) is 6.63. The molecule has 1 atom stereocenters. The van der Waals surface area contributed by atoms with Crippen molar-refractivity contribution < 1.29 is 14.3 Å². The molecule has 33 heavy (non-hydrogen) atoms. The largest absolute Gasteiger partial charge is 0.494 e. The summed E-state index contributed by atoms with van der Waals surface area (Å²) in [4.78, 5) is 29.7. The summed E-state index contributed by atoms with van der Waals surface area (Å²) in [6.45, 7) is 7.78. The molecular formula is C27H29N3O3. The lowest BCUT2D eigenvalue weighted by Crippen LogP contribution is -2.32. The van der Waals surface area contributed by atoms with Gasteiger partial charge in [0.15, 0.2) is 0 Å². The molecule has 0 bridgehead atoms. The fourth-order valence-electron chi connectivity index (χ4n) is 4.19. The standard InChI is InChI=1S/C27H29N3O3/c1-4-29(5-2)26(31)19-10-9-11-20(18-19)28-25-23-12-7-8-13-24(23)27(32)30(25)21-14-16-22(17-15-21)33-6-3/h7-18,25,28H,4-6H2,1-3H3. The van der Waals surface area contributed by atoms with Crippen LogP contribution in [0.5, 0.6) is 5.75 Å². The van der Waals surface area contributed by atoms with Gasteiger partial charge in [0, 0.05) is 41.2 Å². The fraction of sp³-hybridized carbons (Fsp3) is 0.259. The van der Waals surface area contributed by atoms with Crippen LogP contribution >= 0.6 is 0 Å². The van der Waals surface area contributed by atoms with E-state index >= 15 is 0 Å². The summed E-state index contributed by atoms with van der Waals surface area (Å²) in [5.74, 6) is 0.690. The van der Waals surface area contributed by atoms with Crippen LogP contribution in [0.2, 0.25) is 0 Å². The summed E-state index contributed by atoms with van der Waals surface area (Å²) in [5, 5.41) is 3.49. The molecular weight excluding hydrogens is 414 g/mol. The molecule has 0 saturated carbocycles. The summed E-state index contributed by atoms with van der Waals surface area (Å²) in [6, 6.07) is 22.6. The van der Waals surface area contributed by atoms with Crippen molar-refractivity contribution in [3.05, 3.63) is 89.5 Å². The zero-order chi connectivity index (χ0) is 23.4. The van der Waals surface area contributed by atoms with Crippen molar-refractivity contribution in [2.24, 2.45) is 0 Å². The van der Waals surface area contributed by atoms with Crippen LogP contribution in [0, 0.1) is 0 Å². The lowest BCUT2D eigenvalue weighted by Gasteiger charge is -2.27. The average Bonchev–Trinajstić information content (AvgIpc) is 3.12. The Labute approximate surface area is 194 Å². The molecule has 3 aromatic carbocycles. The van der Waals surface area contributed by atoms with Crippen molar-refractivity contribution >= 4 is 23.2 Å². The topological polar surface area (TPSA) is 61.9 Å². The quantitative estimate of drug-likeness (QED) is 0.511. The van der Waals surface area contributed by atoms with E-state index in [0.29, 0.717) is 30.8 Å². The van der Waals surface area contributed by atoms with E-state index in [-0.39, 0.29) is 11.8 Å². The number of ether oxygens (including phenoxy) is 1. The Morgan fingerprint density at radius 2 is 1.70 bits per heavy atom. The van der Waals surface area contributed by atoms with Crippen LogP contribution in [0.4, 0.5) is 11.4 Å². The van der Waals surface area contributed by atoms with Crippen molar-refractivity contribution in [2.75, 3.05) is 29.9 Å². The maximum absolute atomic E-state index is 13.3. The Balaban J connectivity index is 1.67. The molecule has 1 N–H and O–H groups in total. The number of nitrogens with one attached hydrogen (secondary N) is 1. The first kappa shape index (κ1) is 22.4. The zero-order valence-corrected chi connectivity index (χ0v) is 19.2. The van der Waals surface area contributed by atoms with E-state index in [0.717, 1.165) is 22.7 Å². The zero-order valence-electron chi connectivity index (χ0n) is 19.2. The number of nitrogens with zero attached hydrogens (tertiary/aromatic N) is 2. The molecule has 2 amide bonds. The third-order valence-corrected chi connectivity index (χ3v) is 5.85. The molecule has 6 nitrogen and oxygen atoms in total. The first-order valence-corrected chi connectivity index (χ1v) is 11.4. The first-order valence-electron chi connectivity index (χ1n) is 11.4. The van der Waals surface area contributed by atoms with Crippen molar-refractivity contribution in [1.82, 2.24) is 4.90 Å². The minimum Gasteiger partial charge on any atom is -0.494 e. The van der Waals surface area contributed by atoms with Crippen LogP contribution in [0.1, 0.15) is 53.2 Å². The van der Waals surface area contributed by atoms with Gasteiger partial charge in [0.05, 0.1) is 6.61 Å². The monoisotopic (exact) mass is 443 g/mol. The Morgan fingerprint density at radius 3 is 2.39 bits per heavy atom. The molecule has 3 aromatic rings. The number of carbonyl (C=O) groups is 2. The van der Waals surface area contributed by atoms with Gasteiger partial charge in [-0.25, -0.2) is 0 Å². The van der Waals surface area contributed by atoms with E-state index in [9.17, 15) is 9.59 Å². The molecule has 6 heteroatoms. The molecule has 1 heterocycles. The number of benzene rings is 3. The van der Waals surface area contributed by atoms with E-state index < -0.39 is 6.17 Å². The fourth-order valence-corrected chi connectivity index (χ4v) is 4.19. The minimum atomic E-state index is -0.398. The molecule has 1 unspecified atom stereocenters. The molecule has 0 fully saturated rings. The van der Waals surface area contributed by atoms with Crippen molar-refractivity contribution in [3.63, 3.8) is 0 Å². The highest BCUT2D eigenvalue weighted by Gasteiger charge is 2.37. The van der Waals surface area contributed by atoms with Gasteiger partial charge in [0.2, 0.25) is 0 Å². The second-order valence-corrected chi connectivity index (χ2v) is 7.79. The lowest BCUT2D eigenvalue weighted by atomic mass is 10.1. The lowest BCUT2D eigenvalue weighted by molar-refractivity contribution is 0.0772. The second kappa shape index (κ2) is 9.77. The summed E-state index contributed by atoms with van der Waals surface area (Å²) in [6.07, 6.45) is -0.398. The molecule has 170 valence electrons. The van der Waals surface area contributed by atoms with Gasteiger partial charge >= 0.3 is 0 Å². The number of hydrogen-bond acceptors (Lipinski definition) is 4.